The first kappa shape index (κ1) is 20.2. The quantitative estimate of drug-likeness (QED) is 0.420. The number of rotatable bonds is 6. The molecule has 0 bridgehead atoms. The molecule has 1 aromatic carbocycles. The molecule has 0 saturated heterocycles. The van der Waals surface area contributed by atoms with Gasteiger partial charge in [0.05, 0.1) is 17.9 Å². The molecule has 0 aliphatic heterocycles. The van der Waals surface area contributed by atoms with Gasteiger partial charge in [-0.05, 0) is 43.3 Å². The molecule has 31 heavy (non-hydrogen) atoms. The topological polar surface area (TPSA) is 136 Å². The molecule has 0 fully saturated rings. The molecule has 4 aromatic rings. The number of nitrogens with zero attached hydrogens (tertiary/aromatic N) is 6. The Balaban J connectivity index is 1.58. The zero-order valence-corrected chi connectivity index (χ0v) is 17.2. The Morgan fingerprint density at radius 3 is 2.90 bits per heavy atom. The molecule has 156 valence electrons. The number of benzene rings is 1. The number of hydrogen-bond donors (Lipinski definition) is 3. The van der Waals surface area contributed by atoms with Crippen molar-refractivity contribution in [3.63, 3.8) is 0 Å². The SMILES string of the molecule is C=Cc1cnc(N)c(C(=O)N[C@H](C)c2nnc3ccc(Nc4cccc(Cl)c4)nn23)n1. The van der Waals surface area contributed by atoms with Gasteiger partial charge in [-0.3, -0.25) is 4.79 Å². The van der Waals surface area contributed by atoms with E-state index in [-0.39, 0.29) is 11.5 Å². The summed E-state index contributed by atoms with van der Waals surface area (Å²) in [7, 11) is 0. The maximum atomic E-state index is 12.7. The molecule has 0 radical (unpaired) electrons. The zero-order chi connectivity index (χ0) is 22.0. The van der Waals surface area contributed by atoms with Crippen LogP contribution < -0.4 is 16.4 Å². The normalized spacial score (nSPS) is 11.8. The third-order valence-corrected chi connectivity index (χ3v) is 4.60. The first-order chi connectivity index (χ1) is 14.9. The third kappa shape index (κ3) is 4.28. The zero-order valence-electron chi connectivity index (χ0n) is 16.5. The highest BCUT2D eigenvalue weighted by Crippen LogP contribution is 2.20. The molecule has 0 saturated carbocycles. The number of nitrogen functional groups attached to an aromatic ring is 1. The molecule has 0 unspecified atom stereocenters. The second-order valence-electron chi connectivity index (χ2n) is 6.61. The number of nitrogens with two attached hydrogens (primary N) is 1. The van der Waals surface area contributed by atoms with Crippen molar-refractivity contribution in [1.82, 2.24) is 35.1 Å². The van der Waals surface area contributed by atoms with E-state index < -0.39 is 11.9 Å². The maximum Gasteiger partial charge on any atom is 0.274 e. The predicted octanol–water partition coefficient (Wildman–Crippen LogP) is 3.03. The number of carbonyl (C=O) groups is 1. The van der Waals surface area contributed by atoms with E-state index in [1.165, 1.54) is 12.3 Å². The summed E-state index contributed by atoms with van der Waals surface area (Å²) in [5.74, 6) is 0.520. The van der Waals surface area contributed by atoms with Gasteiger partial charge in [0.25, 0.3) is 5.91 Å². The lowest BCUT2D eigenvalue weighted by atomic mass is 10.2. The molecule has 0 spiro atoms. The number of anilines is 3. The summed E-state index contributed by atoms with van der Waals surface area (Å²) in [4.78, 5) is 20.8. The number of carbonyl (C=O) groups excluding carboxylic acids is 1. The first-order valence-electron chi connectivity index (χ1n) is 9.25. The Kier molecular flexibility index (Phi) is 5.46. The number of aromatic nitrogens is 6. The Hall–Kier alpha value is -4.05. The lowest BCUT2D eigenvalue weighted by Gasteiger charge is -2.13. The molecule has 3 aromatic heterocycles. The maximum absolute atomic E-state index is 12.7. The van der Waals surface area contributed by atoms with Gasteiger partial charge >= 0.3 is 0 Å². The monoisotopic (exact) mass is 435 g/mol. The fourth-order valence-electron chi connectivity index (χ4n) is 2.86. The van der Waals surface area contributed by atoms with Crippen LogP contribution in [-0.2, 0) is 0 Å². The van der Waals surface area contributed by atoms with Crippen LogP contribution >= 0.6 is 11.6 Å². The van der Waals surface area contributed by atoms with Crippen LogP contribution in [-0.4, -0.2) is 35.7 Å². The fourth-order valence-corrected chi connectivity index (χ4v) is 3.05. The smallest absolute Gasteiger partial charge is 0.274 e. The summed E-state index contributed by atoms with van der Waals surface area (Å²) in [5.41, 5.74) is 7.57. The minimum absolute atomic E-state index is 0.00865. The van der Waals surface area contributed by atoms with E-state index in [9.17, 15) is 4.79 Å². The number of halogens is 1. The number of nitrogens with one attached hydrogen (secondary N) is 2. The highest BCUT2D eigenvalue weighted by atomic mass is 35.5. The largest absolute Gasteiger partial charge is 0.382 e. The molecular formula is C20H18ClN9O. The number of amides is 1. The van der Waals surface area contributed by atoms with Gasteiger partial charge in [-0.1, -0.05) is 24.2 Å². The second-order valence-corrected chi connectivity index (χ2v) is 7.05. The lowest BCUT2D eigenvalue weighted by molar-refractivity contribution is 0.0933. The van der Waals surface area contributed by atoms with E-state index in [1.807, 2.05) is 12.1 Å². The number of fused-ring (bicyclic) bond motifs is 1. The lowest BCUT2D eigenvalue weighted by Crippen LogP contribution is -2.30. The Labute approximate surface area is 182 Å². The molecule has 4 N–H and O–H groups in total. The summed E-state index contributed by atoms with van der Waals surface area (Å²) in [5, 5.41) is 19.4. The highest BCUT2D eigenvalue weighted by molar-refractivity contribution is 6.30. The van der Waals surface area contributed by atoms with Gasteiger partial charge in [0.15, 0.2) is 28.8 Å². The molecule has 0 aliphatic carbocycles. The standard InChI is InChI=1S/C20H18ClN9O/c1-3-13-10-23-18(22)17(26-13)20(31)24-11(2)19-28-27-16-8-7-15(29-30(16)19)25-14-6-4-5-12(21)9-14/h3-11H,1H2,2H3,(H2,22,23)(H,24,31)(H,25,29)/t11-/m1/s1. The van der Waals surface area contributed by atoms with Crippen molar-refractivity contribution in [3.8, 4) is 0 Å². The van der Waals surface area contributed by atoms with Crippen LogP contribution in [0, 0.1) is 0 Å². The van der Waals surface area contributed by atoms with Gasteiger partial charge in [-0.15, -0.1) is 15.3 Å². The fraction of sp³-hybridized carbons (Fsp3) is 0.100. The van der Waals surface area contributed by atoms with E-state index in [1.54, 1.807) is 35.7 Å². The van der Waals surface area contributed by atoms with E-state index in [2.05, 4.69) is 42.5 Å². The van der Waals surface area contributed by atoms with Gasteiger partial charge in [-0.2, -0.15) is 4.52 Å². The van der Waals surface area contributed by atoms with E-state index in [0.717, 1.165) is 5.69 Å². The van der Waals surface area contributed by atoms with Crippen LogP contribution in [0.1, 0.15) is 35.0 Å². The van der Waals surface area contributed by atoms with Crippen molar-refractivity contribution in [3.05, 3.63) is 71.4 Å². The van der Waals surface area contributed by atoms with E-state index >= 15 is 0 Å². The van der Waals surface area contributed by atoms with Crippen LogP contribution in [0.3, 0.4) is 0 Å². The minimum Gasteiger partial charge on any atom is -0.382 e. The summed E-state index contributed by atoms with van der Waals surface area (Å²) >= 11 is 6.03. The minimum atomic E-state index is -0.537. The summed E-state index contributed by atoms with van der Waals surface area (Å²) in [6.07, 6.45) is 2.92. The van der Waals surface area contributed by atoms with Gasteiger partial charge in [-0.25, -0.2) is 9.97 Å². The van der Waals surface area contributed by atoms with Crippen molar-refractivity contribution in [1.29, 1.82) is 0 Å². The highest BCUT2D eigenvalue weighted by Gasteiger charge is 2.21. The summed E-state index contributed by atoms with van der Waals surface area (Å²) in [6, 6.07) is 10.3. The Morgan fingerprint density at radius 2 is 2.13 bits per heavy atom. The van der Waals surface area contributed by atoms with Crippen molar-refractivity contribution >= 4 is 46.6 Å². The van der Waals surface area contributed by atoms with Crippen LogP contribution in [0.4, 0.5) is 17.3 Å². The molecule has 0 aliphatic rings. The van der Waals surface area contributed by atoms with Gasteiger partial charge in [0.1, 0.15) is 0 Å². The molecule has 1 amide bonds. The summed E-state index contributed by atoms with van der Waals surface area (Å²) < 4.78 is 1.55. The van der Waals surface area contributed by atoms with Gasteiger partial charge in [0.2, 0.25) is 0 Å². The van der Waals surface area contributed by atoms with Crippen LogP contribution in [0.2, 0.25) is 5.02 Å². The summed E-state index contributed by atoms with van der Waals surface area (Å²) in [6.45, 7) is 5.38. The molecule has 3 heterocycles. The Morgan fingerprint density at radius 1 is 1.29 bits per heavy atom. The van der Waals surface area contributed by atoms with Crippen molar-refractivity contribution in [2.75, 3.05) is 11.1 Å². The van der Waals surface area contributed by atoms with E-state index in [0.29, 0.717) is 28.0 Å². The average molecular weight is 436 g/mol. The average Bonchev–Trinajstić information content (AvgIpc) is 3.17. The van der Waals surface area contributed by atoms with E-state index in [4.69, 9.17) is 17.3 Å². The van der Waals surface area contributed by atoms with Gasteiger partial charge in [0, 0.05) is 10.7 Å². The van der Waals surface area contributed by atoms with Crippen molar-refractivity contribution in [2.45, 2.75) is 13.0 Å². The Bertz CT molecular complexity index is 1290. The predicted molar refractivity (Wildman–Crippen MR) is 118 cm³/mol. The van der Waals surface area contributed by atoms with Crippen LogP contribution in [0.15, 0.2) is 49.2 Å². The third-order valence-electron chi connectivity index (χ3n) is 4.36. The van der Waals surface area contributed by atoms with Crippen molar-refractivity contribution < 1.29 is 4.79 Å². The molecule has 11 heteroatoms. The molecular weight excluding hydrogens is 418 g/mol. The first-order valence-corrected chi connectivity index (χ1v) is 9.63. The number of hydrogen-bond acceptors (Lipinski definition) is 8. The van der Waals surface area contributed by atoms with Gasteiger partial charge < -0.3 is 16.4 Å². The van der Waals surface area contributed by atoms with Crippen LogP contribution in [0.5, 0.6) is 0 Å². The molecule has 4 rings (SSSR count). The van der Waals surface area contributed by atoms with Crippen molar-refractivity contribution in [2.24, 2.45) is 0 Å². The molecule has 1 atom stereocenters. The van der Waals surface area contributed by atoms with Crippen LogP contribution in [0.25, 0.3) is 11.7 Å². The molecule has 10 nitrogen and oxygen atoms in total. The second kappa shape index (κ2) is 8.36.